The van der Waals surface area contributed by atoms with E-state index in [4.69, 9.17) is 10.7 Å². The molecule has 19 heavy (non-hydrogen) atoms. The van der Waals surface area contributed by atoms with Crippen LogP contribution in [0.15, 0.2) is 23.4 Å². The predicted molar refractivity (Wildman–Crippen MR) is 72.8 cm³/mol. The summed E-state index contributed by atoms with van der Waals surface area (Å²) in [5.74, 6) is 0.558. The van der Waals surface area contributed by atoms with E-state index in [0.29, 0.717) is 12.2 Å². The molecule has 0 radical (unpaired) electrons. The van der Waals surface area contributed by atoms with Gasteiger partial charge in [0.25, 0.3) is 14.2 Å². The summed E-state index contributed by atoms with van der Waals surface area (Å²) < 4.78 is 23.9. The number of hydrogen-bond acceptors (Lipinski definition) is 4. The van der Waals surface area contributed by atoms with E-state index in [1.165, 1.54) is 15.7 Å². The lowest BCUT2D eigenvalue weighted by Crippen LogP contribution is -2.05. The molecule has 2 rings (SSSR count). The minimum absolute atomic E-state index is 0.229. The van der Waals surface area contributed by atoms with Crippen molar-refractivity contribution in [3.05, 3.63) is 40.7 Å². The van der Waals surface area contributed by atoms with Crippen LogP contribution in [0.2, 0.25) is 0 Å². The first-order valence-electron chi connectivity index (χ1n) is 5.68. The molecule has 2 aromatic rings. The van der Waals surface area contributed by atoms with Crippen molar-refractivity contribution in [3.8, 4) is 0 Å². The van der Waals surface area contributed by atoms with E-state index in [9.17, 15) is 8.42 Å². The molecule has 0 saturated heterocycles. The number of benzene rings is 1. The first kappa shape index (κ1) is 14.0. The Balaban J connectivity index is 2.34. The molecule has 1 heterocycles. The van der Waals surface area contributed by atoms with E-state index >= 15 is 0 Å². The van der Waals surface area contributed by atoms with Crippen LogP contribution in [0.5, 0.6) is 0 Å². The zero-order valence-corrected chi connectivity index (χ0v) is 12.5. The molecular formula is C12H14ClN3O2S. The van der Waals surface area contributed by atoms with Gasteiger partial charge in [-0.15, -0.1) is 10.2 Å². The van der Waals surface area contributed by atoms with Crippen molar-refractivity contribution < 1.29 is 8.42 Å². The van der Waals surface area contributed by atoms with Crippen LogP contribution in [0.3, 0.4) is 0 Å². The molecule has 0 fully saturated rings. The van der Waals surface area contributed by atoms with Crippen molar-refractivity contribution in [2.24, 2.45) is 7.05 Å². The molecular weight excluding hydrogens is 286 g/mol. The van der Waals surface area contributed by atoms with E-state index in [1.807, 2.05) is 26.0 Å². The third-order valence-corrected chi connectivity index (χ3v) is 4.28. The average molecular weight is 300 g/mol. The van der Waals surface area contributed by atoms with Gasteiger partial charge in [0.15, 0.2) is 0 Å². The van der Waals surface area contributed by atoms with Crippen LogP contribution in [0.4, 0.5) is 0 Å². The minimum Gasteiger partial charge on any atom is -0.304 e. The predicted octanol–water partition coefficient (Wildman–Crippen LogP) is 1.95. The summed E-state index contributed by atoms with van der Waals surface area (Å²) >= 11 is 0. The highest BCUT2D eigenvalue weighted by atomic mass is 35.7. The zero-order valence-electron chi connectivity index (χ0n) is 10.9. The second-order valence-electron chi connectivity index (χ2n) is 4.49. The van der Waals surface area contributed by atoms with Crippen LogP contribution in [0.1, 0.15) is 22.5 Å². The maximum Gasteiger partial charge on any atom is 0.296 e. The molecule has 102 valence electrons. The monoisotopic (exact) mass is 299 g/mol. The first-order valence-corrected chi connectivity index (χ1v) is 7.99. The summed E-state index contributed by atoms with van der Waals surface area (Å²) in [6, 6.07) is 6.07. The number of hydrogen-bond donors (Lipinski definition) is 0. The van der Waals surface area contributed by atoms with E-state index in [-0.39, 0.29) is 5.16 Å². The maximum atomic E-state index is 11.3. The van der Waals surface area contributed by atoms with Gasteiger partial charge in [0, 0.05) is 24.2 Å². The van der Waals surface area contributed by atoms with Gasteiger partial charge >= 0.3 is 0 Å². The molecule has 0 unspecified atom stereocenters. The van der Waals surface area contributed by atoms with Crippen LogP contribution in [0, 0.1) is 13.8 Å². The zero-order chi connectivity index (χ0) is 14.2. The summed E-state index contributed by atoms with van der Waals surface area (Å²) in [4.78, 5) is 0. The van der Waals surface area contributed by atoms with Crippen molar-refractivity contribution in [2.75, 3.05) is 0 Å². The lowest BCUT2D eigenvalue weighted by Gasteiger charge is -2.05. The Labute approximate surface area is 116 Å². The Bertz CT molecular complexity index is 723. The van der Waals surface area contributed by atoms with Gasteiger partial charge < -0.3 is 4.57 Å². The van der Waals surface area contributed by atoms with Crippen molar-refractivity contribution in [3.63, 3.8) is 0 Å². The van der Waals surface area contributed by atoms with Crippen molar-refractivity contribution in [2.45, 2.75) is 25.4 Å². The van der Waals surface area contributed by atoms with Gasteiger partial charge in [0.1, 0.15) is 5.82 Å². The van der Waals surface area contributed by atoms with Crippen LogP contribution in [-0.2, 0) is 22.5 Å². The molecule has 0 aliphatic heterocycles. The average Bonchev–Trinajstić information content (AvgIpc) is 2.65. The molecule has 0 atom stereocenters. The number of rotatable bonds is 3. The fraction of sp³-hybridized carbons (Fsp3) is 0.333. The lowest BCUT2D eigenvalue weighted by molar-refractivity contribution is 0.591. The SMILES string of the molecule is Cc1ccc(Cc2nnc(S(=O)(=O)Cl)n2C)cc1C. The molecule has 5 nitrogen and oxygen atoms in total. The van der Waals surface area contributed by atoms with E-state index in [2.05, 4.69) is 16.3 Å². The van der Waals surface area contributed by atoms with Crippen molar-refractivity contribution >= 4 is 19.7 Å². The number of halogens is 1. The highest BCUT2D eigenvalue weighted by Crippen LogP contribution is 2.16. The Hall–Kier alpha value is -1.40. The standard InChI is InChI=1S/C12H14ClN3O2S/c1-8-4-5-10(6-9(8)2)7-11-14-15-12(16(11)3)19(13,17)18/h4-6H,7H2,1-3H3. The summed E-state index contributed by atoms with van der Waals surface area (Å²) in [6.07, 6.45) is 0.511. The molecule has 0 saturated carbocycles. The molecule has 0 aliphatic carbocycles. The summed E-state index contributed by atoms with van der Waals surface area (Å²) in [5, 5.41) is 7.27. The van der Waals surface area contributed by atoms with Gasteiger partial charge in [0.05, 0.1) is 0 Å². The second kappa shape index (κ2) is 4.94. The highest BCUT2D eigenvalue weighted by Gasteiger charge is 2.20. The molecule has 0 spiro atoms. The smallest absolute Gasteiger partial charge is 0.296 e. The van der Waals surface area contributed by atoms with E-state index in [1.54, 1.807) is 7.05 Å². The number of nitrogens with zero attached hydrogens (tertiary/aromatic N) is 3. The van der Waals surface area contributed by atoms with Crippen LogP contribution >= 0.6 is 10.7 Å². The van der Waals surface area contributed by atoms with Crippen LogP contribution < -0.4 is 0 Å². The Kier molecular flexibility index (Phi) is 3.64. The van der Waals surface area contributed by atoms with Gasteiger partial charge in [0.2, 0.25) is 0 Å². The van der Waals surface area contributed by atoms with Gasteiger partial charge in [-0.1, -0.05) is 18.2 Å². The summed E-state index contributed by atoms with van der Waals surface area (Å²) in [5.41, 5.74) is 3.45. The molecule has 0 N–H and O–H groups in total. The van der Waals surface area contributed by atoms with Crippen LogP contribution in [0.25, 0.3) is 0 Å². The normalized spacial score (nSPS) is 11.8. The van der Waals surface area contributed by atoms with Crippen LogP contribution in [-0.4, -0.2) is 23.2 Å². The Morgan fingerprint density at radius 3 is 2.42 bits per heavy atom. The second-order valence-corrected chi connectivity index (χ2v) is 6.95. The molecule has 7 heteroatoms. The Morgan fingerprint density at radius 1 is 1.21 bits per heavy atom. The summed E-state index contributed by atoms with van der Waals surface area (Å²) in [6.45, 7) is 4.07. The van der Waals surface area contributed by atoms with Crippen molar-refractivity contribution in [1.82, 2.24) is 14.8 Å². The molecule has 0 aliphatic rings. The number of aryl methyl sites for hydroxylation is 2. The molecule has 1 aromatic heterocycles. The Morgan fingerprint density at radius 2 is 1.89 bits per heavy atom. The van der Waals surface area contributed by atoms with Gasteiger partial charge in [-0.3, -0.25) is 0 Å². The minimum atomic E-state index is -3.86. The fourth-order valence-electron chi connectivity index (χ4n) is 1.81. The quantitative estimate of drug-likeness (QED) is 0.813. The largest absolute Gasteiger partial charge is 0.304 e. The highest BCUT2D eigenvalue weighted by molar-refractivity contribution is 8.13. The maximum absolute atomic E-state index is 11.3. The first-order chi connectivity index (χ1) is 8.79. The molecule has 1 aromatic carbocycles. The van der Waals surface area contributed by atoms with E-state index < -0.39 is 9.05 Å². The van der Waals surface area contributed by atoms with E-state index in [0.717, 1.165) is 5.56 Å². The molecule has 0 amide bonds. The number of aromatic nitrogens is 3. The summed E-state index contributed by atoms with van der Waals surface area (Å²) in [7, 11) is 3.01. The third kappa shape index (κ3) is 2.96. The van der Waals surface area contributed by atoms with Gasteiger partial charge in [-0.2, -0.15) is 0 Å². The van der Waals surface area contributed by atoms with Gasteiger partial charge in [-0.25, -0.2) is 8.42 Å². The van der Waals surface area contributed by atoms with Crippen molar-refractivity contribution in [1.29, 1.82) is 0 Å². The van der Waals surface area contributed by atoms with Gasteiger partial charge in [-0.05, 0) is 30.5 Å². The topological polar surface area (TPSA) is 64.8 Å². The lowest BCUT2D eigenvalue weighted by atomic mass is 10.0. The fourth-order valence-corrected chi connectivity index (χ4v) is 2.78. The molecule has 0 bridgehead atoms. The third-order valence-electron chi connectivity index (χ3n) is 3.08.